The Bertz CT molecular complexity index is 794. The van der Waals surface area contributed by atoms with Gasteiger partial charge in [-0.1, -0.05) is 13.8 Å². The number of nitrogens with one attached hydrogen (secondary N) is 3. The van der Waals surface area contributed by atoms with Crippen molar-refractivity contribution in [2.75, 3.05) is 0 Å². The molecule has 0 aliphatic heterocycles. The lowest BCUT2D eigenvalue weighted by molar-refractivity contribution is 0.0937. The van der Waals surface area contributed by atoms with Gasteiger partial charge in [0.15, 0.2) is 5.03 Å². The van der Waals surface area contributed by atoms with Crippen LogP contribution in [0.1, 0.15) is 36.1 Å². The Morgan fingerprint density at radius 3 is 2.64 bits per heavy atom. The maximum Gasteiger partial charge on any atom is 0.282 e. The molecule has 0 aliphatic rings. The number of halogens is 1. The first-order chi connectivity index (χ1) is 10.2. The number of carbonyl (C=O) groups is 1. The number of amides is 1. The zero-order chi connectivity index (χ0) is 16.5. The third-order valence-corrected chi connectivity index (χ3v) is 4.50. The Labute approximate surface area is 136 Å². The van der Waals surface area contributed by atoms with Crippen LogP contribution in [0.3, 0.4) is 0 Å². The summed E-state index contributed by atoms with van der Waals surface area (Å²) in [6.45, 7) is 3.77. The fourth-order valence-corrected chi connectivity index (χ4v) is 3.02. The number of imidazole rings is 1. The lowest BCUT2D eigenvalue weighted by Gasteiger charge is -2.07. The van der Waals surface area contributed by atoms with Crippen molar-refractivity contribution < 1.29 is 13.2 Å². The number of sulfonamides is 1. The molecular formula is C12H16BrN5O3S. The number of aromatic nitrogens is 3. The van der Waals surface area contributed by atoms with Crippen molar-refractivity contribution in [1.82, 2.24) is 24.8 Å². The molecule has 0 saturated carbocycles. The summed E-state index contributed by atoms with van der Waals surface area (Å²) in [5.41, 5.74) is 2.47. The summed E-state index contributed by atoms with van der Waals surface area (Å²) < 4.78 is 26.5. The minimum atomic E-state index is -3.90. The van der Waals surface area contributed by atoms with Crippen molar-refractivity contribution in [3.63, 3.8) is 0 Å². The van der Waals surface area contributed by atoms with Crippen molar-refractivity contribution in [3.8, 4) is 0 Å². The first-order valence-corrected chi connectivity index (χ1v) is 8.67. The fourth-order valence-electron chi connectivity index (χ4n) is 1.73. The van der Waals surface area contributed by atoms with Gasteiger partial charge in [0, 0.05) is 23.6 Å². The van der Waals surface area contributed by atoms with Gasteiger partial charge in [-0.2, -0.15) is 0 Å². The molecule has 0 bridgehead atoms. The second-order valence-electron chi connectivity index (χ2n) is 5.00. The molecule has 0 saturated heterocycles. The van der Waals surface area contributed by atoms with Gasteiger partial charge in [0.1, 0.15) is 11.5 Å². The predicted octanol–water partition coefficient (Wildman–Crippen LogP) is 1.26. The molecule has 0 radical (unpaired) electrons. The van der Waals surface area contributed by atoms with Gasteiger partial charge in [0.05, 0.1) is 6.20 Å². The van der Waals surface area contributed by atoms with Crippen LogP contribution in [0.15, 0.2) is 28.0 Å². The van der Waals surface area contributed by atoms with Crippen molar-refractivity contribution in [3.05, 3.63) is 34.5 Å². The second-order valence-corrected chi connectivity index (χ2v) is 7.57. The molecule has 0 spiro atoms. The third-order valence-electron chi connectivity index (χ3n) is 2.91. The van der Waals surface area contributed by atoms with E-state index < -0.39 is 15.9 Å². The first-order valence-electron chi connectivity index (χ1n) is 6.39. The number of hydrogen-bond donors (Lipinski definition) is 3. The van der Waals surface area contributed by atoms with Crippen molar-refractivity contribution >= 4 is 31.9 Å². The molecule has 0 unspecified atom stereocenters. The molecule has 2 aromatic heterocycles. The van der Waals surface area contributed by atoms with Gasteiger partial charge < -0.3 is 9.55 Å². The fraction of sp³-hybridized carbons (Fsp3) is 0.333. The molecule has 2 aromatic rings. The Balaban J connectivity index is 2.09. The molecule has 3 N–H and O–H groups in total. The van der Waals surface area contributed by atoms with Crippen LogP contribution in [-0.2, 0) is 17.1 Å². The van der Waals surface area contributed by atoms with E-state index >= 15 is 0 Å². The summed E-state index contributed by atoms with van der Waals surface area (Å²) >= 11 is 3.24. The maximum absolute atomic E-state index is 12.1. The quantitative estimate of drug-likeness (QED) is 0.668. The number of hydrogen-bond acceptors (Lipinski definition) is 4. The summed E-state index contributed by atoms with van der Waals surface area (Å²) in [5, 5.41) is -0.107. The van der Waals surface area contributed by atoms with Gasteiger partial charge >= 0.3 is 0 Å². The van der Waals surface area contributed by atoms with Gasteiger partial charge in [-0.25, -0.2) is 13.4 Å². The van der Waals surface area contributed by atoms with Gasteiger partial charge in [-0.15, -0.1) is 4.83 Å². The standard InChI is InChI=1S/C12H16BrN5O3S/c1-7(2)11-14-5-10(15-11)22(20,21)17-16-12(19)9-4-8(13)6-18(9)3/h4-7,17H,1-3H3,(H,14,15)(H,16,19). The summed E-state index contributed by atoms with van der Waals surface area (Å²) in [7, 11) is -2.22. The molecule has 0 aromatic carbocycles. The van der Waals surface area contributed by atoms with Gasteiger partial charge in [0.25, 0.3) is 15.9 Å². The Morgan fingerprint density at radius 1 is 1.45 bits per heavy atom. The average Bonchev–Trinajstić information content (AvgIpc) is 3.03. The van der Waals surface area contributed by atoms with E-state index in [0.717, 1.165) is 4.47 Å². The van der Waals surface area contributed by atoms with E-state index in [-0.39, 0.29) is 10.9 Å². The van der Waals surface area contributed by atoms with Gasteiger partial charge in [-0.3, -0.25) is 10.2 Å². The second kappa shape index (κ2) is 6.23. The van der Waals surface area contributed by atoms with Crippen LogP contribution in [0.25, 0.3) is 0 Å². The topological polar surface area (TPSA) is 109 Å². The zero-order valence-corrected chi connectivity index (χ0v) is 14.6. The monoisotopic (exact) mass is 389 g/mol. The highest BCUT2D eigenvalue weighted by atomic mass is 79.9. The van der Waals surface area contributed by atoms with E-state index in [9.17, 15) is 13.2 Å². The highest BCUT2D eigenvalue weighted by molar-refractivity contribution is 9.10. The molecule has 0 aliphatic carbocycles. The number of rotatable bonds is 5. The summed E-state index contributed by atoms with van der Waals surface area (Å²) in [4.78, 5) is 20.7. The number of hydrazine groups is 1. The van der Waals surface area contributed by atoms with Crippen LogP contribution >= 0.6 is 15.9 Å². The average molecular weight is 390 g/mol. The Hall–Kier alpha value is -1.65. The molecule has 0 atom stereocenters. The minimum absolute atomic E-state index is 0.0688. The smallest absolute Gasteiger partial charge is 0.282 e. The lowest BCUT2D eigenvalue weighted by atomic mass is 10.2. The zero-order valence-electron chi connectivity index (χ0n) is 12.2. The minimum Gasteiger partial charge on any atom is -0.345 e. The summed E-state index contributed by atoms with van der Waals surface area (Å²) in [6, 6.07) is 1.58. The van der Waals surface area contributed by atoms with E-state index in [2.05, 4.69) is 31.3 Å². The molecule has 120 valence electrons. The molecule has 10 heteroatoms. The van der Waals surface area contributed by atoms with Crippen molar-refractivity contribution in [2.24, 2.45) is 7.05 Å². The SMILES string of the molecule is CC(C)c1ncc(S(=O)(=O)NNC(=O)c2cc(Br)cn2C)[nH]1. The number of aromatic amines is 1. The largest absolute Gasteiger partial charge is 0.345 e. The third kappa shape index (κ3) is 3.57. The van der Waals surface area contributed by atoms with Crippen LogP contribution in [0, 0.1) is 0 Å². The van der Waals surface area contributed by atoms with Crippen LogP contribution in [0.5, 0.6) is 0 Å². The van der Waals surface area contributed by atoms with Crippen LogP contribution in [-0.4, -0.2) is 28.9 Å². The lowest BCUT2D eigenvalue weighted by Crippen LogP contribution is -2.42. The van der Waals surface area contributed by atoms with E-state index in [1.165, 1.54) is 6.20 Å². The van der Waals surface area contributed by atoms with Crippen molar-refractivity contribution in [2.45, 2.75) is 24.8 Å². The molecule has 0 fully saturated rings. The van der Waals surface area contributed by atoms with Crippen LogP contribution in [0.4, 0.5) is 0 Å². The van der Waals surface area contributed by atoms with E-state index in [0.29, 0.717) is 11.5 Å². The van der Waals surface area contributed by atoms with E-state index in [1.54, 1.807) is 23.9 Å². The van der Waals surface area contributed by atoms with E-state index in [4.69, 9.17) is 0 Å². The number of nitrogens with zero attached hydrogens (tertiary/aromatic N) is 2. The molecule has 2 heterocycles. The van der Waals surface area contributed by atoms with Gasteiger partial charge in [-0.05, 0) is 22.0 Å². The summed E-state index contributed by atoms with van der Waals surface area (Å²) in [5.74, 6) is 0.0534. The molecule has 22 heavy (non-hydrogen) atoms. The van der Waals surface area contributed by atoms with E-state index in [1.807, 2.05) is 18.7 Å². The number of carbonyl (C=O) groups excluding carboxylic acids is 1. The highest BCUT2D eigenvalue weighted by Gasteiger charge is 2.20. The number of aryl methyl sites for hydroxylation is 1. The normalized spacial score (nSPS) is 11.9. The molecule has 1 amide bonds. The van der Waals surface area contributed by atoms with Crippen LogP contribution in [0.2, 0.25) is 0 Å². The maximum atomic E-state index is 12.1. The predicted molar refractivity (Wildman–Crippen MR) is 83.6 cm³/mol. The Kier molecular flexibility index (Phi) is 4.73. The van der Waals surface area contributed by atoms with Gasteiger partial charge in [0.2, 0.25) is 0 Å². The first kappa shape index (κ1) is 16.7. The highest BCUT2D eigenvalue weighted by Crippen LogP contribution is 2.14. The molecule has 2 rings (SSSR count). The van der Waals surface area contributed by atoms with Crippen molar-refractivity contribution in [1.29, 1.82) is 0 Å². The molecular weight excluding hydrogens is 374 g/mol. The summed E-state index contributed by atoms with van der Waals surface area (Å²) in [6.07, 6.45) is 2.90. The number of H-pyrrole nitrogens is 1. The Morgan fingerprint density at radius 2 is 2.14 bits per heavy atom. The molecule has 8 nitrogen and oxygen atoms in total. The van der Waals surface area contributed by atoms with Crippen LogP contribution < -0.4 is 10.3 Å².